The van der Waals surface area contributed by atoms with E-state index in [0.29, 0.717) is 6.61 Å². The van der Waals surface area contributed by atoms with Crippen LogP contribution >= 0.6 is 0 Å². The minimum Gasteiger partial charge on any atom is -0.346 e. The molecule has 0 amide bonds. The van der Waals surface area contributed by atoms with Gasteiger partial charge in [0.1, 0.15) is 5.82 Å². The summed E-state index contributed by atoms with van der Waals surface area (Å²) in [5.74, 6) is -0.756. The van der Waals surface area contributed by atoms with E-state index in [4.69, 9.17) is 9.47 Å². The fraction of sp³-hybridized carbons (Fsp3) is 0.500. The zero-order chi connectivity index (χ0) is 18.6. The Morgan fingerprint density at radius 1 is 1.30 bits per heavy atom. The Bertz CT molecular complexity index is 904. The molecular weight excluding hydrogens is 343 g/mol. The normalized spacial score (nSPS) is 32.3. The molecule has 1 saturated heterocycles. The van der Waals surface area contributed by atoms with Crippen LogP contribution in [0.1, 0.15) is 50.8 Å². The largest absolute Gasteiger partial charge is 0.346 e. The SMILES string of the molecule is CCC1COC2(CCCC3=Cc4c(cnn4-c4ccc(F)cc4)C[C@@]32C)O1. The standard InChI is InChI=1S/C22H25FN2O2/c1-3-19-14-26-22(27-19)10-4-5-16-11-20-15(12-21(16,22)2)13-24-25(20)18-8-6-17(23)7-9-18/h6-9,11,13,19H,3-5,10,12,14H2,1-2H3/t19?,21-,22?/m0/s1. The molecule has 5 rings (SSSR count). The van der Waals surface area contributed by atoms with Crippen LogP contribution in [0.15, 0.2) is 36.0 Å². The molecule has 2 fully saturated rings. The predicted octanol–water partition coefficient (Wildman–Crippen LogP) is 4.66. The van der Waals surface area contributed by atoms with Crippen molar-refractivity contribution >= 4 is 6.08 Å². The summed E-state index contributed by atoms with van der Waals surface area (Å²) in [6.07, 6.45) is 9.28. The predicted molar refractivity (Wildman–Crippen MR) is 101 cm³/mol. The van der Waals surface area contributed by atoms with Crippen LogP contribution in [-0.4, -0.2) is 28.3 Å². The summed E-state index contributed by atoms with van der Waals surface area (Å²) < 4.78 is 28.1. The Labute approximate surface area is 159 Å². The van der Waals surface area contributed by atoms with Crippen molar-refractivity contribution < 1.29 is 13.9 Å². The molecule has 2 aliphatic carbocycles. The van der Waals surface area contributed by atoms with Crippen molar-refractivity contribution in [3.05, 3.63) is 53.1 Å². The second-order valence-corrected chi connectivity index (χ2v) is 8.19. The molecule has 1 saturated carbocycles. The Hall–Kier alpha value is -1.98. The molecule has 4 nitrogen and oxygen atoms in total. The molecule has 0 bridgehead atoms. The van der Waals surface area contributed by atoms with Crippen LogP contribution in [0, 0.1) is 11.2 Å². The lowest BCUT2D eigenvalue weighted by atomic mass is 9.62. The molecule has 0 N–H and O–H groups in total. The number of hydrogen-bond acceptors (Lipinski definition) is 3. The van der Waals surface area contributed by atoms with Gasteiger partial charge in [-0.05, 0) is 61.6 Å². The van der Waals surface area contributed by atoms with Gasteiger partial charge in [0.05, 0.1) is 30.3 Å². The van der Waals surface area contributed by atoms with Crippen molar-refractivity contribution in [2.75, 3.05) is 6.61 Å². The van der Waals surface area contributed by atoms with Gasteiger partial charge in [-0.3, -0.25) is 0 Å². The molecule has 5 heteroatoms. The highest BCUT2D eigenvalue weighted by Crippen LogP contribution is 2.57. The maximum Gasteiger partial charge on any atom is 0.178 e. The van der Waals surface area contributed by atoms with E-state index in [1.807, 2.05) is 10.9 Å². The van der Waals surface area contributed by atoms with Crippen molar-refractivity contribution in [2.24, 2.45) is 5.41 Å². The van der Waals surface area contributed by atoms with Crippen LogP contribution in [0.2, 0.25) is 0 Å². The monoisotopic (exact) mass is 368 g/mol. The first kappa shape index (κ1) is 17.1. The van der Waals surface area contributed by atoms with Gasteiger partial charge in [0, 0.05) is 11.8 Å². The van der Waals surface area contributed by atoms with E-state index in [-0.39, 0.29) is 17.3 Å². The molecular formula is C22H25FN2O2. The molecule has 2 aromatic rings. The third-order valence-corrected chi connectivity index (χ3v) is 6.63. The highest BCUT2D eigenvalue weighted by molar-refractivity contribution is 5.61. The molecule has 1 spiro atoms. The van der Waals surface area contributed by atoms with Gasteiger partial charge >= 0.3 is 0 Å². The van der Waals surface area contributed by atoms with Gasteiger partial charge in [0.15, 0.2) is 5.79 Å². The minimum absolute atomic E-state index is 0.168. The molecule has 2 heterocycles. The molecule has 1 aromatic heterocycles. The molecule has 142 valence electrons. The summed E-state index contributed by atoms with van der Waals surface area (Å²) in [5, 5.41) is 4.60. The van der Waals surface area contributed by atoms with Crippen molar-refractivity contribution in [1.82, 2.24) is 9.78 Å². The van der Waals surface area contributed by atoms with Gasteiger partial charge in [-0.15, -0.1) is 0 Å². The third kappa shape index (κ3) is 2.44. The second-order valence-electron chi connectivity index (χ2n) is 8.19. The number of hydrogen-bond donors (Lipinski definition) is 0. The zero-order valence-corrected chi connectivity index (χ0v) is 15.9. The molecule has 3 atom stereocenters. The summed E-state index contributed by atoms with van der Waals surface area (Å²) in [4.78, 5) is 0. The highest BCUT2D eigenvalue weighted by Gasteiger charge is 2.59. The average Bonchev–Trinajstić information content (AvgIpc) is 3.27. The lowest BCUT2D eigenvalue weighted by Crippen LogP contribution is -2.53. The Morgan fingerprint density at radius 2 is 2.11 bits per heavy atom. The summed E-state index contributed by atoms with van der Waals surface area (Å²) >= 11 is 0. The minimum atomic E-state index is -0.520. The molecule has 3 aliphatic rings. The first-order valence-electron chi connectivity index (χ1n) is 9.90. The van der Waals surface area contributed by atoms with Gasteiger partial charge in [0.25, 0.3) is 0 Å². The van der Waals surface area contributed by atoms with Crippen LogP contribution in [-0.2, 0) is 15.9 Å². The summed E-state index contributed by atoms with van der Waals surface area (Å²) in [7, 11) is 0. The zero-order valence-electron chi connectivity index (χ0n) is 15.9. The Balaban J connectivity index is 1.56. The number of fused-ring (bicyclic) bond motifs is 3. The third-order valence-electron chi connectivity index (χ3n) is 6.63. The van der Waals surface area contributed by atoms with Gasteiger partial charge in [-0.1, -0.05) is 19.4 Å². The maximum atomic E-state index is 13.3. The number of aromatic nitrogens is 2. The van der Waals surface area contributed by atoms with E-state index in [0.717, 1.165) is 43.5 Å². The highest BCUT2D eigenvalue weighted by atomic mass is 19.1. The smallest absolute Gasteiger partial charge is 0.178 e. The summed E-state index contributed by atoms with van der Waals surface area (Å²) in [5.41, 5.74) is 4.37. The van der Waals surface area contributed by atoms with Crippen molar-refractivity contribution in [2.45, 2.75) is 57.8 Å². The topological polar surface area (TPSA) is 36.3 Å². The number of benzene rings is 1. The number of rotatable bonds is 2. The quantitative estimate of drug-likeness (QED) is 0.773. The van der Waals surface area contributed by atoms with E-state index >= 15 is 0 Å². The van der Waals surface area contributed by atoms with Crippen LogP contribution in [0.3, 0.4) is 0 Å². The number of ether oxygens (including phenoxy) is 2. The number of nitrogens with zero attached hydrogens (tertiary/aromatic N) is 2. The van der Waals surface area contributed by atoms with Gasteiger partial charge in [0.2, 0.25) is 0 Å². The summed E-state index contributed by atoms with van der Waals surface area (Å²) in [6.45, 7) is 5.12. The van der Waals surface area contributed by atoms with E-state index < -0.39 is 5.79 Å². The molecule has 1 aromatic carbocycles. The van der Waals surface area contributed by atoms with Crippen LogP contribution in [0.5, 0.6) is 0 Å². The van der Waals surface area contributed by atoms with Crippen molar-refractivity contribution in [3.8, 4) is 5.69 Å². The fourth-order valence-corrected chi connectivity index (χ4v) is 4.99. The van der Waals surface area contributed by atoms with Gasteiger partial charge in [-0.25, -0.2) is 9.07 Å². The van der Waals surface area contributed by atoms with Gasteiger partial charge < -0.3 is 9.47 Å². The maximum absolute atomic E-state index is 13.3. The first-order chi connectivity index (χ1) is 13.0. The summed E-state index contributed by atoms with van der Waals surface area (Å²) in [6, 6.07) is 6.49. The molecule has 1 aliphatic heterocycles. The Morgan fingerprint density at radius 3 is 2.85 bits per heavy atom. The van der Waals surface area contributed by atoms with E-state index in [2.05, 4.69) is 25.0 Å². The Kier molecular flexibility index (Phi) is 3.82. The van der Waals surface area contributed by atoms with Crippen molar-refractivity contribution in [3.63, 3.8) is 0 Å². The lowest BCUT2D eigenvalue weighted by molar-refractivity contribution is -0.242. The van der Waals surface area contributed by atoms with E-state index in [1.54, 1.807) is 12.1 Å². The van der Waals surface area contributed by atoms with Crippen LogP contribution in [0.25, 0.3) is 11.8 Å². The average molecular weight is 368 g/mol. The van der Waals surface area contributed by atoms with Crippen LogP contribution < -0.4 is 0 Å². The first-order valence-corrected chi connectivity index (χ1v) is 9.90. The second kappa shape index (κ2) is 6.01. The fourth-order valence-electron chi connectivity index (χ4n) is 4.99. The van der Waals surface area contributed by atoms with E-state index in [1.165, 1.54) is 23.3 Å². The molecule has 0 radical (unpaired) electrons. The van der Waals surface area contributed by atoms with Crippen molar-refractivity contribution in [1.29, 1.82) is 0 Å². The lowest BCUT2D eigenvalue weighted by Gasteiger charge is -2.51. The molecule has 2 unspecified atom stereocenters. The van der Waals surface area contributed by atoms with Gasteiger partial charge in [-0.2, -0.15) is 5.10 Å². The molecule has 27 heavy (non-hydrogen) atoms. The van der Waals surface area contributed by atoms with Crippen LogP contribution in [0.4, 0.5) is 4.39 Å². The number of halogens is 1. The van der Waals surface area contributed by atoms with E-state index in [9.17, 15) is 4.39 Å².